The first-order valence-corrected chi connectivity index (χ1v) is 14.1. The number of hydrogen-bond acceptors (Lipinski definition) is 11. The van der Waals surface area contributed by atoms with Crippen molar-refractivity contribution in [3.8, 4) is 0 Å². The van der Waals surface area contributed by atoms with E-state index in [1.165, 1.54) is 19.2 Å². The molecule has 0 fully saturated rings. The van der Waals surface area contributed by atoms with E-state index in [0.717, 1.165) is 26.7 Å². The maximum atomic E-state index is 13.1. The van der Waals surface area contributed by atoms with Crippen LogP contribution in [0.3, 0.4) is 0 Å². The number of rotatable bonds is 15. The molecule has 0 saturated carbocycles. The fourth-order valence-electron chi connectivity index (χ4n) is 3.08. The first-order chi connectivity index (χ1) is 18.2. The molecule has 0 aliphatic heterocycles. The average molecular weight is 588 g/mol. The van der Waals surface area contributed by atoms with Crippen LogP contribution in [-0.4, -0.2) is 92.3 Å². The van der Waals surface area contributed by atoms with Gasteiger partial charge in [-0.15, -0.1) is 11.8 Å². The van der Waals surface area contributed by atoms with Crippen molar-refractivity contribution in [1.82, 2.24) is 30.4 Å². The summed E-state index contributed by atoms with van der Waals surface area (Å²) in [5.74, 6) is -5.23. The number of thioether (sulfide) groups is 1. The summed E-state index contributed by atoms with van der Waals surface area (Å²) in [6.07, 6.45) is -0.583. The summed E-state index contributed by atoms with van der Waals surface area (Å²) < 4.78 is 28.0. The lowest BCUT2D eigenvalue weighted by Crippen LogP contribution is -2.49. The van der Waals surface area contributed by atoms with Crippen molar-refractivity contribution >= 4 is 45.4 Å². The van der Waals surface area contributed by atoms with Crippen molar-refractivity contribution in [2.45, 2.75) is 42.1 Å². The van der Waals surface area contributed by atoms with Crippen LogP contribution in [-0.2, 0) is 36.1 Å². The Morgan fingerprint density at radius 1 is 1.13 bits per heavy atom. The van der Waals surface area contributed by atoms with Crippen LogP contribution in [0.15, 0.2) is 34.0 Å². The number of benzene rings is 1. The maximum Gasteiger partial charge on any atom is 0.364 e. The molecule has 0 saturated heterocycles. The van der Waals surface area contributed by atoms with Gasteiger partial charge in [-0.2, -0.15) is 9.36 Å². The summed E-state index contributed by atoms with van der Waals surface area (Å²) in [4.78, 5) is 59.4. The molecule has 0 spiro atoms. The number of carbonyl (C=O) groups excluding carboxylic acids is 2. The summed E-state index contributed by atoms with van der Waals surface area (Å²) >= 11 is 0.795. The van der Waals surface area contributed by atoms with Gasteiger partial charge in [0.1, 0.15) is 24.0 Å². The molecule has 1 heterocycles. The van der Waals surface area contributed by atoms with E-state index in [1.807, 2.05) is 0 Å². The van der Waals surface area contributed by atoms with E-state index in [9.17, 15) is 32.4 Å². The Morgan fingerprint density at radius 3 is 2.31 bits per heavy atom. The first-order valence-electron chi connectivity index (χ1n) is 11.4. The number of carboxylic acids is 2. The molecule has 16 nitrogen and oxygen atoms in total. The van der Waals surface area contributed by atoms with Crippen molar-refractivity contribution in [1.29, 1.82) is 0 Å². The maximum absolute atomic E-state index is 13.1. The number of aliphatic carboxylic acids is 2. The normalized spacial score (nSPS) is 13.7. The van der Waals surface area contributed by atoms with Crippen molar-refractivity contribution in [2.75, 3.05) is 18.1 Å². The Labute approximate surface area is 226 Å². The Hall–Kier alpha value is -3.77. The zero-order chi connectivity index (χ0) is 29.3. The molecule has 2 aromatic rings. The smallest absolute Gasteiger partial charge is 0.364 e. The highest BCUT2D eigenvalue weighted by atomic mass is 32.2. The number of aryl methyl sites for hydroxylation is 2. The molecular weight excluding hydrogens is 558 g/mol. The van der Waals surface area contributed by atoms with E-state index in [-0.39, 0.29) is 23.5 Å². The van der Waals surface area contributed by atoms with Gasteiger partial charge in [-0.3, -0.25) is 19.2 Å². The molecule has 18 heteroatoms. The van der Waals surface area contributed by atoms with Crippen LogP contribution in [0.4, 0.5) is 0 Å². The topological polar surface area (TPSA) is 246 Å². The van der Waals surface area contributed by atoms with Crippen LogP contribution in [0.5, 0.6) is 0 Å². The second-order valence-corrected chi connectivity index (χ2v) is 11.7. The number of nitrogens with zero attached hydrogens (tertiary/aromatic N) is 4. The summed E-state index contributed by atoms with van der Waals surface area (Å²) in [6, 6.07) is 3.35. The number of hydrogen-bond donors (Lipinski definition) is 5. The minimum atomic E-state index is -3.96. The van der Waals surface area contributed by atoms with Crippen molar-refractivity contribution in [2.24, 2.45) is 12.8 Å². The number of aromatic nitrogens is 4. The molecule has 0 radical (unpaired) electrons. The highest BCUT2D eigenvalue weighted by molar-refractivity contribution is 8.00. The highest BCUT2D eigenvalue weighted by Crippen LogP contribution is 2.26. The summed E-state index contributed by atoms with van der Waals surface area (Å²) in [7, 11) is -2.65. The molecule has 3 atom stereocenters. The van der Waals surface area contributed by atoms with Gasteiger partial charge in [0.15, 0.2) is 9.84 Å². The number of nitrogens with two attached hydrogens (primary N) is 1. The third kappa shape index (κ3) is 9.48. The lowest BCUT2D eigenvalue weighted by atomic mass is 10.1. The number of tetrazole rings is 1. The first kappa shape index (κ1) is 31.4. The van der Waals surface area contributed by atoms with E-state index in [1.54, 1.807) is 19.1 Å². The molecule has 1 unspecified atom stereocenters. The zero-order valence-corrected chi connectivity index (χ0v) is 22.6. The zero-order valence-electron chi connectivity index (χ0n) is 21.0. The van der Waals surface area contributed by atoms with Gasteiger partial charge in [-0.1, -0.05) is 17.7 Å². The monoisotopic (exact) mass is 587 g/mol. The van der Waals surface area contributed by atoms with Gasteiger partial charge in [0.05, 0.1) is 10.6 Å². The average Bonchev–Trinajstić information content (AvgIpc) is 3.20. The van der Waals surface area contributed by atoms with Gasteiger partial charge in [-0.25, -0.2) is 13.2 Å². The van der Waals surface area contributed by atoms with Gasteiger partial charge >= 0.3 is 17.6 Å². The van der Waals surface area contributed by atoms with E-state index < -0.39 is 69.0 Å². The predicted octanol–water partition coefficient (Wildman–Crippen LogP) is -2.13. The molecule has 2 amide bonds. The molecule has 2 rings (SSSR count). The van der Waals surface area contributed by atoms with E-state index in [4.69, 9.17) is 15.9 Å². The van der Waals surface area contributed by atoms with Crippen molar-refractivity contribution in [3.05, 3.63) is 40.3 Å². The van der Waals surface area contributed by atoms with E-state index in [0.29, 0.717) is 0 Å². The molecule has 0 aliphatic carbocycles. The molecular formula is C21H29N7O9S2. The fourth-order valence-corrected chi connectivity index (χ4v) is 6.19. The molecule has 6 N–H and O–H groups in total. The van der Waals surface area contributed by atoms with E-state index >= 15 is 0 Å². The van der Waals surface area contributed by atoms with Gasteiger partial charge < -0.3 is 26.6 Å². The van der Waals surface area contributed by atoms with Crippen molar-refractivity contribution < 1.29 is 37.8 Å². The third-order valence-electron chi connectivity index (χ3n) is 5.28. The largest absolute Gasteiger partial charge is 0.480 e. The summed E-state index contributed by atoms with van der Waals surface area (Å²) in [5, 5.41) is 28.4. The van der Waals surface area contributed by atoms with Gasteiger partial charge in [0.2, 0.25) is 11.8 Å². The Morgan fingerprint density at radius 2 is 1.77 bits per heavy atom. The lowest BCUT2D eigenvalue weighted by molar-refractivity contribution is -0.139. The minimum Gasteiger partial charge on any atom is -0.480 e. The number of sulfone groups is 1. The Balaban J connectivity index is 2.28. The highest BCUT2D eigenvalue weighted by Gasteiger charge is 2.30. The SMILES string of the molecule is Cc1ccc(S(=O)(=O)CC(SC[C@H](NC(=O)CC[C@H](N)C(=O)O)C(=O)NCC(=O)O)n2nnn(C)c2=O)cc1. The van der Waals surface area contributed by atoms with Crippen LogP contribution in [0.2, 0.25) is 0 Å². The van der Waals surface area contributed by atoms with Gasteiger partial charge in [0, 0.05) is 19.2 Å². The quantitative estimate of drug-likeness (QED) is 0.150. The van der Waals surface area contributed by atoms with Gasteiger partial charge in [0.25, 0.3) is 0 Å². The standard InChI is InChI=1S/C21H29N7O9S2/c1-12-3-5-13(6-4-12)39(36,37)11-17(28-21(35)27(2)25-26-28)38-10-15(19(32)23-9-18(30)31)24-16(29)8-7-14(22)20(33)34/h3-6,14-15,17H,7-11,22H2,1-2H3,(H,23,32)(H,24,29)(H,30,31)(H,33,34)/t14-,15-,17?/m0/s1. The van der Waals surface area contributed by atoms with E-state index in [2.05, 4.69) is 21.1 Å². The molecule has 1 aromatic carbocycles. The molecule has 39 heavy (non-hydrogen) atoms. The third-order valence-corrected chi connectivity index (χ3v) is 8.51. The number of carbonyl (C=O) groups is 4. The second kappa shape index (κ2) is 13.9. The summed E-state index contributed by atoms with van der Waals surface area (Å²) in [6.45, 7) is 1.03. The number of amides is 2. The van der Waals surface area contributed by atoms with Crippen LogP contribution in [0, 0.1) is 6.92 Å². The molecule has 0 aliphatic rings. The Kier molecular flexibility index (Phi) is 11.2. The molecule has 214 valence electrons. The molecule has 1 aromatic heterocycles. The summed E-state index contributed by atoms with van der Waals surface area (Å²) in [5.41, 5.74) is 5.50. The van der Waals surface area contributed by atoms with Crippen LogP contribution >= 0.6 is 11.8 Å². The molecule has 0 bridgehead atoms. The van der Waals surface area contributed by atoms with Crippen molar-refractivity contribution in [3.63, 3.8) is 0 Å². The number of nitrogens with one attached hydrogen (secondary N) is 2. The van der Waals surface area contributed by atoms with Gasteiger partial charge in [-0.05, 0) is 35.9 Å². The van der Waals surface area contributed by atoms with Crippen LogP contribution in [0.25, 0.3) is 0 Å². The Bertz CT molecular complexity index is 1360. The lowest BCUT2D eigenvalue weighted by Gasteiger charge is -2.21. The number of carboxylic acid groups (broad SMARTS) is 2. The minimum absolute atomic E-state index is 0.00513. The predicted molar refractivity (Wildman–Crippen MR) is 137 cm³/mol. The van der Waals surface area contributed by atoms with Crippen LogP contribution < -0.4 is 22.1 Å². The second-order valence-electron chi connectivity index (χ2n) is 8.43. The fraction of sp³-hybridized carbons (Fsp3) is 0.476. The van der Waals surface area contributed by atoms with Crippen LogP contribution in [0.1, 0.15) is 23.8 Å².